The zero-order valence-electron chi connectivity index (χ0n) is 17.0. The number of aryl methyl sites for hydroxylation is 1. The van der Waals surface area contributed by atoms with E-state index in [4.69, 9.17) is 0 Å². The number of anilines is 1. The number of amides is 1. The van der Waals surface area contributed by atoms with Crippen LogP contribution >= 0.6 is 24.8 Å². The van der Waals surface area contributed by atoms with Crippen molar-refractivity contribution in [2.75, 3.05) is 49.9 Å². The first-order valence-corrected chi connectivity index (χ1v) is 11.3. The number of piperazine rings is 1. The van der Waals surface area contributed by atoms with Crippen LogP contribution in [-0.4, -0.2) is 69.7 Å². The van der Waals surface area contributed by atoms with Crippen LogP contribution in [0.2, 0.25) is 0 Å². The van der Waals surface area contributed by atoms with Crippen LogP contribution in [0.3, 0.4) is 0 Å². The molecule has 2 saturated heterocycles. The monoisotopic (exact) mass is 466 g/mol. The Hall–Kier alpha value is -1.06. The predicted molar refractivity (Wildman–Crippen MR) is 122 cm³/mol. The second-order valence-corrected chi connectivity index (χ2v) is 9.59. The highest BCUT2D eigenvalue weighted by Gasteiger charge is 2.30. The molecule has 7 nitrogen and oxygen atoms in total. The van der Waals surface area contributed by atoms with E-state index in [9.17, 15) is 13.2 Å². The molecule has 0 radical (unpaired) electrons. The number of benzene rings is 1. The lowest BCUT2D eigenvalue weighted by Crippen LogP contribution is -2.54. The highest BCUT2D eigenvalue weighted by molar-refractivity contribution is 7.89. The van der Waals surface area contributed by atoms with Gasteiger partial charge < -0.3 is 15.5 Å². The van der Waals surface area contributed by atoms with Gasteiger partial charge in [-0.15, -0.1) is 24.8 Å². The van der Waals surface area contributed by atoms with Crippen molar-refractivity contribution in [3.63, 3.8) is 0 Å². The quantitative estimate of drug-likeness (QED) is 0.685. The number of hydrogen-bond acceptors (Lipinski definition) is 5. The standard InChI is InChI=1S/C19H30N4O3S.2ClH/c1-15-4-3-5-17(12-15)22-8-10-23(11-9-22)27(25,26)14-19(24)21-18-13-20-7-6-16(18)2;;/h3-5,12,16,18,20H,6-11,13-14H2,1-2H3,(H,21,24);2*1H. The van der Waals surface area contributed by atoms with E-state index in [0.717, 1.165) is 18.7 Å². The summed E-state index contributed by atoms with van der Waals surface area (Å²) in [5, 5.41) is 6.13. The number of halogens is 2. The number of sulfonamides is 1. The van der Waals surface area contributed by atoms with Gasteiger partial charge in [-0.1, -0.05) is 19.1 Å². The summed E-state index contributed by atoms with van der Waals surface area (Å²) in [4.78, 5) is 14.5. The molecule has 0 aromatic heterocycles. The highest BCUT2D eigenvalue weighted by Crippen LogP contribution is 2.19. The summed E-state index contributed by atoms with van der Waals surface area (Å²) in [6.45, 7) is 7.85. The molecule has 2 heterocycles. The Morgan fingerprint density at radius 2 is 1.90 bits per heavy atom. The second kappa shape index (κ2) is 11.4. The normalized spacial score (nSPS) is 22.9. The number of nitrogens with zero attached hydrogens (tertiary/aromatic N) is 2. The summed E-state index contributed by atoms with van der Waals surface area (Å²) >= 11 is 0. The van der Waals surface area contributed by atoms with Gasteiger partial charge in [0.25, 0.3) is 0 Å². The van der Waals surface area contributed by atoms with Gasteiger partial charge in [-0.25, -0.2) is 8.42 Å². The van der Waals surface area contributed by atoms with Gasteiger partial charge in [0.1, 0.15) is 5.75 Å². The summed E-state index contributed by atoms with van der Waals surface area (Å²) < 4.78 is 26.7. The summed E-state index contributed by atoms with van der Waals surface area (Å²) in [7, 11) is -3.59. The van der Waals surface area contributed by atoms with Crippen LogP contribution in [0.4, 0.5) is 5.69 Å². The van der Waals surface area contributed by atoms with E-state index in [0.29, 0.717) is 38.6 Å². The molecule has 2 aliphatic rings. The third-order valence-electron chi connectivity index (χ3n) is 5.49. The SMILES string of the molecule is Cc1cccc(N2CCN(S(=O)(=O)CC(=O)NC3CNCCC3C)CC2)c1.Cl.Cl. The molecule has 0 spiro atoms. The summed E-state index contributed by atoms with van der Waals surface area (Å²) in [6, 6.07) is 8.21. The molecule has 2 fully saturated rings. The van der Waals surface area contributed by atoms with E-state index in [1.807, 2.05) is 25.1 Å². The molecule has 166 valence electrons. The molecular weight excluding hydrogens is 435 g/mol. The summed E-state index contributed by atoms with van der Waals surface area (Å²) in [5.41, 5.74) is 2.30. The molecular formula is C19H32Cl2N4O3S. The molecule has 0 bridgehead atoms. The fourth-order valence-electron chi connectivity index (χ4n) is 3.74. The van der Waals surface area contributed by atoms with E-state index in [1.54, 1.807) is 0 Å². The summed E-state index contributed by atoms with van der Waals surface area (Å²) in [5.74, 6) is -0.520. The van der Waals surface area contributed by atoms with Gasteiger partial charge in [0.15, 0.2) is 0 Å². The van der Waals surface area contributed by atoms with Crippen LogP contribution in [0.25, 0.3) is 0 Å². The second-order valence-electron chi connectivity index (χ2n) is 7.63. The van der Waals surface area contributed by atoms with Crippen molar-refractivity contribution in [1.29, 1.82) is 0 Å². The molecule has 2 unspecified atom stereocenters. The Bertz CT molecular complexity index is 770. The third-order valence-corrected chi connectivity index (χ3v) is 7.27. The minimum Gasteiger partial charge on any atom is -0.369 e. The predicted octanol–water partition coefficient (Wildman–Crippen LogP) is 1.40. The Morgan fingerprint density at radius 3 is 2.52 bits per heavy atom. The minimum absolute atomic E-state index is 0. The third kappa shape index (κ3) is 7.00. The fraction of sp³-hybridized carbons (Fsp3) is 0.632. The molecule has 1 aromatic rings. The first-order chi connectivity index (χ1) is 12.8. The van der Waals surface area contributed by atoms with Crippen molar-refractivity contribution in [1.82, 2.24) is 14.9 Å². The van der Waals surface area contributed by atoms with Gasteiger partial charge in [0.05, 0.1) is 0 Å². The maximum Gasteiger partial charge on any atom is 0.236 e. The Balaban J connectivity index is 0.00000210. The Kier molecular flexibility index (Phi) is 10.2. The molecule has 0 aliphatic carbocycles. The van der Waals surface area contributed by atoms with Gasteiger partial charge >= 0.3 is 0 Å². The maximum atomic E-state index is 12.6. The number of carbonyl (C=O) groups excluding carboxylic acids is 1. The van der Waals surface area contributed by atoms with Crippen molar-refractivity contribution in [2.45, 2.75) is 26.3 Å². The number of rotatable bonds is 5. The number of nitrogens with one attached hydrogen (secondary N) is 2. The molecule has 2 N–H and O–H groups in total. The lowest BCUT2D eigenvalue weighted by molar-refractivity contribution is -0.119. The van der Waals surface area contributed by atoms with Gasteiger partial charge in [-0.2, -0.15) is 4.31 Å². The van der Waals surface area contributed by atoms with Crippen molar-refractivity contribution in [3.8, 4) is 0 Å². The lowest BCUT2D eigenvalue weighted by Gasteiger charge is -2.35. The highest BCUT2D eigenvalue weighted by atomic mass is 35.5. The number of hydrogen-bond donors (Lipinski definition) is 2. The zero-order valence-corrected chi connectivity index (χ0v) is 19.4. The van der Waals surface area contributed by atoms with E-state index < -0.39 is 21.7 Å². The Morgan fingerprint density at radius 1 is 1.21 bits per heavy atom. The Labute approximate surface area is 186 Å². The molecule has 2 atom stereocenters. The molecule has 1 amide bonds. The van der Waals surface area contributed by atoms with Crippen molar-refractivity contribution in [3.05, 3.63) is 29.8 Å². The average Bonchev–Trinajstić information content (AvgIpc) is 2.63. The van der Waals surface area contributed by atoms with Gasteiger partial charge in [0.2, 0.25) is 15.9 Å². The van der Waals surface area contributed by atoms with E-state index in [-0.39, 0.29) is 30.9 Å². The van der Waals surface area contributed by atoms with Crippen LogP contribution < -0.4 is 15.5 Å². The molecule has 3 rings (SSSR count). The van der Waals surface area contributed by atoms with Crippen LogP contribution in [-0.2, 0) is 14.8 Å². The summed E-state index contributed by atoms with van der Waals surface area (Å²) in [6.07, 6.45) is 0.985. The smallest absolute Gasteiger partial charge is 0.236 e. The molecule has 2 aliphatic heterocycles. The van der Waals surface area contributed by atoms with E-state index >= 15 is 0 Å². The maximum absolute atomic E-state index is 12.6. The molecule has 1 aromatic carbocycles. The number of piperidine rings is 1. The van der Waals surface area contributed by atoms with Crippen LogP contribution in [0.15, 0.2) is 24.3 Å². The van der Waals surface area contributed by atoms with Gasteiger partial charge in [0, 0.05) is 44.5 Å². The largest absolute Gasteiger partial charge is 0.369 e. The number of carbonyl (C=O) groups is 1. The van der Waals surface area contributed by atoms with Crippen molar-refractivity contribution < 1.29 is 13.2 Å². The van der Waals surface area contributed by atoms with Crippen LogP contribution in [0.5, 0.6) is 0 Å². The van der Waals surface area contributed by atoms with Gasteiger partial charge in [-0.3, -0.25) is 4.79 Å². The molecule has 0 saturated carbocycles. The lowest BCUT2D eigenvalue weighted by atomic mass is 9.95. The van der Waals surface area contributed by atoms with Crippen LogP contribution in [0, 0.1) is 12.8 Å². The van der Waals surface area contributed by atoms with Crippen molar-refractivity contribution >= 4 is 46.4 Å². The van der Waals surface area contributed by atoms with Gasteiger partial charge in [-0.05, 0) is 43.5 Å². The van der Waals surface area contributed by atoms with Crippen LogP contribution in [0.1, 0.15) is 18.9 Å². The molecule has 10 heteroatoms. The van der Waals surface area contributed by atoms with Crippen molar-refractivity contribution in [2.24, 2.45) is 5.92 Å². The minimum atomic E-state index is -3.59. The first-order valence-electron chi connectivity index (χ1n) is 9.65. The molecule has 29 heavy (non-hydrogen) atoms. The zero-order chi connectivity index (χ0) is 19.4. The van der Waals surface area contributed by atoms with E-state index in [2.05, 4.69) is 28.5 Å². The van der Waals surface area contributed by atoms with E-state index in [1.165, 1.54) is 9.87 Å². The fourth-order valence-corrected chi connectivity index (χ4v) is 5.05. The average molecular weight is 467 g/mol. The topological polar surface area (TPSA) is 81.8 Å². The first kappa shape index (κ1) is 26.0.